The van der Waals surface area contributed by atoms with E-state index in [-0.39, 0.29) is 6.04 Å². The average Bonchev–Trinajstić information content (AvgIpc) is 2.49. The Bertz CT molecular complexity index is 717. The summed E-state index contributed by atoms with van der Waals surface area (Å²) in [6.45, 7) is 2.75. The highest BCUT2D eigenvalue weighted by Gasteiger charge is 2.07. The summed E-state index contributed by atoms with van der Waals surface area (Å²) in [7, 11) is 0. The lowest BCUT2D eigenvalue weighted by Gasteiger charge is -2.15. The normalized spacial score (nSPS) is 12.0. The number of rotatable bonds is 4. The van der Waals surface area contributed by atoms with Gasteiger partial charge in [-0.05, 0) is 29.3 Å². The molecule has 0 spiro atoms. The van der Waals surface area contributed by atoms with Gasteiger partial charge in [0.1, 0.15) is 0 Å². The third-order valence-electron chi connectivity index (χ3n) is 3.21. The predicted molar refractivity (Wildman–Crippen MR) is 84.9 cm³/mol. The Morgan fingerprint density at radius 1 is 1.29 bits per heavy atom. The van der Waals surface area contributed by atoms with Gasteiger partial charge in [-0.15, -0.1) is 0 Å². The largest absolute Gasteiger partial charge is 0.472 e. The Hall–Kier alpha value is -2.57. The first-order valence-electron chi connectivity index (χ1n) is 6.79. The Morgan fingerprint density at radius 2 is 2.05 bits per heavy atom. The van der Waals surface area contributed by atoms with E-state index in [0.717, 1.165) is 0 Å². The van der Waals surface area contributed by atoms with Crippen LogP contribution >= 0.6 is 0 Å². The first kappa shape index (κ1) is 14.8. The molecule has 2 rings (SSSR count). The second kappa shape index (κ2) is 7.28. The van der Waals surface area contributed by atoms with E-state index in [2.05, 4.69) is 48.5 Å². The molecule has 0 fully saturated rings. The number of hydrogen-bond acceptors (Lipinski definition) is 2. The van der Waals surface area contributed by atoms with E-state index in [9.17, 15) is 4.79 Å². The average molecular weight is 279 g/mol. The number of fused-ring (bicyclic) bond motifs is 1. The van der Waals surface area contributed by atoms with Gasteiger partial charge in [-0.3, -0.25) is 0 Å². The van der Waals surface area contributed by atoms with Crippen LogP contribution in [0.15, 0.2) is 54.6 Å². The van der Waals surface area contributed by atoms with Gasteiger partial charge in [-0.1, -0.05) is 54.5 Å². The van der Waals surface area contributed by atoms with Crippen LogP contribution in [0, 0.1) is 11.8 Å². The number of allylic oxidation sites excluding steroid dienone is 1. The van der Waals surface area contributed by atoms with Crippen LogP contribution in [0.1, 0.15) is 18.5 Å². The molecule has 0 heterocycles. The third-order valence-corrected chi connectivity index (χ3v) is 3.21. The Balaban J connectivity index is 2.02. The smallest absolute Gasteiger partial charge is 0.382 e. The van der Waals surface area contributed by atoms with Gasteiger partial charge in [0.15, 0.2) is 0 Å². The Labute approximate surface area is 124 Å². The minimum atomic E-state index is -1.11. The molecule has 1 atom stereocenters. The highest BCUT2D eigenvalue weighted by Crippen LogP contribution is 2.23. The van der Waals surface area contributed by atoms with Crippen molar-refractivity contribution in [3.63, 3.8) is 0 Å². The van der Waals surface area contributed by atoms with Crippen molar-refractivity contribution in [2.75, 3.05) is 6.54 Å². The quantitative estimate of drug-likeness (QED) is 0.845. The lowest BCUT2D eigenvalue weighted by Crippen LogP contribution is -2.18. The zero-order chi connectivity index (χ0) is 15.1. The molecule has 0 unspecified atom stereocenters. The fourth-order valence-corrected chi connectivity index (χ4v) is 2.20. The standard InChI is InChI=1S/C18H17NO2/c1-14(19-13-6-2-3-12-18(20)21)16-11-7-9-15-8-4-5-10-17(15)16/h2,4-11,14,19H,13H2,1H3,(H,20,21)/b6-2+/t14-/m1/s1. The first-order chi connectivity index (χ1) is 10.2. The van der Waals surface area contributed by atoms with E-state index in [1.54, 1.807) is 6.08 Å². The highest BCUT2D eigenvalue weighted by molar-refractivity contribution is 5.87. The Kier molecular flexibility index (Phi) is 5.14. The van der Waals surface area contributed by atoms with Crippen LogP contribution in [0.3, 0.4) is 0 Å². The maximum absolute atomic E-state index is 10.2. The molecule has 106 valence electrons. The van der Waals surface area contributed by atoms with E-state index in [4.69, 9.17) is 5.11 Å². The molecule has 0 aliphatic rings. The van der Waals surface area contributed by atoms with Crippen molar-refractivity contribution in [1.82, 2.24) is 5.32 Å². The number of carboxylic acids is 1. The fourth-order valence-electron chi connectivity index (χ4n) is 2.20. The topological polar surface area (TPSA) is 49.3 Å². The number of carboxylic acid groups (broad SMARTS) is 1. The lowest BCUT2D eigenvalue weighted by atomic mass is 10.00. The maximum atomic E-state index is 10.2. The molecule has 3 heteroatoms. The van der Waals surface area contributed by atoms with Crippen molar-refractivity contribution in [3.05, 3.63) is 60.2 Å². The molecule has 2 aromatic rings. The zero-order valence-corrected chi connectivity index (χ0v) is 11.8. The van der Waals surface area contributed by atoms with Crippen molar-refractivity contribution in [1.29, 1.82) is 0 Å². The highest BCUT2D eigenvalue weighted by atomic mass is 16.4. The number of aliphatic carboxylic acids is 1. The molecule has 2 aromatic carbocycles. The first-order valence-corrected chi connectivity index (χ1v) is 6.79. The van der Waals surface area contributed by atoms with Gasteiger partial charge in [0.2, 0.25) is 0 Å². The predicted octanol–water partition coefficient (Wildman–Crippen LogP) is 3.13. The van der Waals surface area contributed by atoms with Gasteiger partial charge in [0.05, 0.1) is 0 Å². The van der Waals surface area contributed by atoms with Gasteiger partial charge in [-0.2, -0.15) is 0 Å². The van der Waals surface area contributed by atoms with Crippen LogP contribution in [0.25, 0.3) is 10.8 Å². The van der Waals surface area contributed by atoms with E-state index in [1.165, 1.54) is 16.3 Å². The number of benzene rings is 2. The summed E-state index contributed by atoms with van der Waals surface area (Å²) in [6.07, 6.45) is 3.37. The van der Waals surface area contributed by atoms with Gasteiger partial charge in [0.25, 0.3) is 0 Å². The number of hydrogen-bond donors (Lipinski definition) is 2. The molecule has 0 saturated heterocycles. The van der Waals surface area contributed by atoms with Crippen LogP contribution in [0.2, 0.25) is 0 Å². The summed E-state index contributed by atoms with van der Waals surface area (Å²) >= 11 is 0. The Morgan fingerprint density at radius 3 is 2.86 bits per heavy atom. The molecule has 0 aromatic heterocycles. The van der Waals surface area contributed by atoms with Gasteiger partial charge in [0, 0.05) is 18.5 Å². The summed E-state index contributed by atoms with van der Waals surface area (Å²) in [4.78, 5) is 10.2. The summed E-state index contributed by atoms with van der Waals surface area (Å²) in [5, 5.41) is 14.2. The van der Waals surface area contributed by atoms with Crippen LogP contribution in [-0.4, -0.2) is 17.6 Å². The molecular formula is C18H17NO2. The monoisotopic (exact) mass is 279 g/mol. The zero-order valence-electron chi connectivity index (χ0n) is 11.8. The van der Waals surface area contributed by atoms with E-state index in [0.29, 0.717) is 6.54 Å². The fraction of sp³-hybridized carbons (Fsp3) is 0.167. The minimum Gasteiger partial charge on any atom is -0.472 e. The van der Waals surface area contributed by atoms with Crippen molar-refractivity contribution >= 4 is 16.7 Å². The van der Waals surface area contributed by atoms with Crippen molar-refractivity contribution in [3.8, 4) is 11.8 Å². The van der Waals surface area contributed by atoms with Crippen molar-refractivity contribution in [2.45, 2.75) is 13.0 Å². The van der Waals surface area contributed by atoms with Gasteiger partial charge in [-0.25, -0.2) is 4.79 Å². The van der Waals surface area contributed by atoms with E-state index >= 15 is 0 Å². The molecule has 21 heavy (non-hydrogen) atoms. The van der Waals surface area contributed by atoms with Crippen LogP contribution in [0.4, 0.5) is 0 Å². The van der Waals surface area contributed by atoms with E-state index < -0.39 is 5.97 Å². The second-order valence-corrected chi connectivity index (χ2v) is 4.68. The van der Waals surface area contributed by atoms with Gasteiger partial charge >= 0.3 is 5.97 Å². The summed E-state index contributed by atoms with van der Waals surface area (Å²) in [5.41, 5.74) is 1.25. The molecule has 2 N–H and O–H groups in total. The lowest BCUT2D eigenvalue weighted by molar-refractivity contribution is -0.130. The second-order valence-electron chi connectivity index (χ2n) is 4.68. The summed E-state index contributed by atoms with van der Waals surface area (Å²) < 4.78 is 0. The van der Waals surface area contributed by atoms with Gasteiger partial charge < -0.3 is 10.4 Å². The molecular weight excluding hydrogens is 262 g/mol. The summed E-state index contributed by atoms with van der Waals surface area (Å²) in [5.74, 6) is 3.39. The number of nitrogens with one attached hydrogen (secondary N) is 1. The molecule has 0 bridgehead atoms. The third kappa shape index (κ3) is 4.20. The SMILES string of the molecule is C[C@@H](NC/C=C/C#CC(=O)O)c1cccc2ccccc12. The van der Waals surface area contributed by atoms with Crippen LogP contribution < -0.4 is 5.32 Å². The summed E-state index contributed by atoms with van der Waals surface area (Å²) in [6, 6.07) is 14.8. The molecule has 0 radical (unpaired) electrons. The maximum Gasteiger partial charge on any atom is 0.382 e. The molecule has 0 amide bonds. The van der Waals surface area contributed by atoms with E-state index in [1.807, 2.05) is 24.1 Å². The van der Waals surface area contributed by atoms with Crippen LogP contribution in [0.5, 0.6) is 0 Å². The number of carbonyl (C=O) groups is 1. The molecule has 0 saturated carbocycles. The molecule has 0 aliphatic heterocycles. The molecule has 0 aliphatic carbocycles. The molecule has 3 nitrogen and oxygen atoms in total. The van der Waals surface area contributed by atoms with Crippen molar-refractivity contribution < 1.29 is 9.90 Å². The van der Waals surface area contributed by atoms with Crippen molar-refractivity contribution in [2.24, 2.45) is 0 Å². The van der Waals surface area contributed by atoms with Crippen LogP contribution in [-0.2, 0) is 4.79 Å². The minimum absolute atomic E-state index is 0.202.